The van der Waals surface area contributed by atoms with Crippen LogP contribution in [0.25, 0.3) is 0 Å². The summed E-state index contributed by atoms with van der Waals surface area (Å²) in [6.07, 6.45) is -0.347. The number of hydrogen-bond donors (Lipinski definition) is 1. The molecule has 170 valence electrons. The quantitative estimate of drug-likeness (QED) is 0.331. The van der Waals surface area contributed by atoms with Crippen LogP contribution in [0.1, 0.15) is 41.7 Å². The van der Waals surface area contributed by atoms with Crippen LogP contribution in [0.15, 0.2) is 34.8 Å². The molecule has 8 nitrogen and oxygen atoms in total. The predicted octanol–water partition coefficient (Wildman–Crippen LogP) is 4.98. The molecule has 0 aliphatic carbocycles. The van der Waals surface area contributed by atoms with Crippen molar-refractivity contribution in [3.05, 3.63) is 51.6 Å². The lowest BCUT2D eigenvalue weighted by Crippen LogP contribution is -2.16. The SMILES string of the molecule is CCn1c(SCC(=O)Nc2sccc2C(=O)OC)nnc1C(C)Oc1ccc(Cl)c(C)c1. The maximum absolute atomic E-state index is 12.4. The molecule has 0 aliphatic heterocycles. The van der Waals surface area contributed by atoms with Crippen molar-refractivity contribution in [1.29, 1.82) is 0 Å². The van der Waals surface area contributed by atoms with E-state index < -0.39 is 5.97 Å². The van der Waals surface area contributed by atoms with Gasteiger partial charge in [0.2, 0.25) is 5.91 Å². The summed E-state index contributed by atoms with van der Waals surface area (Å²) in [5.41, 5.74) is 1.26. The zero-order valence-corrected chi connectivity index (χ0v) is 20.4. The third kappa shape index (κ3) is 5.62. The monoisotopic (exact) mass is 494 g/mol. The van der Waals surface area contributed by atoms with Gasteiger partial charge in [-0.3, -0.25) is 4.79 Å². The minimum absolute atomic E-state index is 0.113. The van der Waals surface area contributed by atoms with E-state index in [1.54, 1.807) is 17.5 Å². The van der Waals surface area contributed by atoms with Crippen LogP contribution in [0, 0.1) is 6.92 Å². The molecule has 1 amide bonds. The number of benzene rings is 1. The van der Waals surface area contributed by atoms with E-state index in [4.69, 9.17) is 21.1 Å². The molecule has 0 bridgehead atoms. The van der Waals surface area contributed by atoms with E-state index in [0.29, 0.717) is 38.9 Å². The highest BCUT2D eigenvalue weighted by Gasteiger charge is 2.20. The summed E-state index contributed by atoms with van der Waals surface area (Å²) in [7, 11) is 1.30. The van der Waals surface area contributed by atoms with E-state index in [1.807, 2.05) is 37.5 Å². The molecular formula is C21H23ClN4O4S2. The molecule has 0 spiro atoms. The Morgan fingerprint density at radius 1 is 1.31 bits per heavy atom. The topological polar surface area (TPSA) is 95.3 Å². The molecule has 1 unspecified atom stereocenters. The lowest BCUT2D eigenvalue weighted by molar-refractivity contribution is -0.113. The van der Waals surface area contributed by atoms with Gasteiger partial charge in [0.05, 0.1) is 18.4 Å². The van der Waals surface area contributed by atoms with E-state index >= 15 is 0 Å². The minimum Gasteiger partial charge on any atom is -0.483 e. The number of ether oxygens (including phenoxy) is 2. The Hall–Kier alpha value is -2.56. The molecule has 1 aromatic carbocycles. The fraction of sp³-hybridized carbons (Fsp3) is 0.333. The molecule has 1 atom stereocenters. The van der Waals surface area contributed by atoms with E-state index in [0.717, 1.165) is 5.56 Å². The number of hydrogen-bond acceptors (Lipinski definition) is 8. The van der Waals surface area contributed by atoms with Gasteiger partial charge in [0.25, 0.3) is 0 Å². The number of anilines is 1. The molecule has 2 aromatic heterocycles. The summed E-state index contributed by atoms with van der Waals surface area (Å²) in [5, 5.41) is 14.7. The van der Waals surface area contributed by atoms with E-state index in [9.17, 15) is 9.59 Å². The van der Waals surface area contributed by atoms with Gasteiger partial charge < -0.3 is 19.4 Å². The van der Waals surface area contributed by atoms with Crippen LogP contribution in [0.2, 0.25) is 5.02 Å². The van der Waals surface area contributed by atoms with Gasteiger partial charge in [-0.05, 0) is 56.0 Å². The van der Waals surface area contributed by atoms with Gasteiger partial charge in [-0.15, -0.1) is 21.5 Å². The van der Waals surface area contributed by atoms with Crippen molar-refractivity contribution in [3.8, 4) is 5.75 Å². The highest BCUT2D eigenvalue weighted by Crippen LogP contribution is 2.28. The summed E-state index contributed by atoms with van der Waals surface area (Å²) in [6.45, 7) is 6.41. The van der Waals surface area contributed by atoms with Crippen molar-refractivity contribution in [2.45, 2.75) is 38.6 Å². The summed E-state index contributed by atoms with van der Waals surface area (Å²) in [4.78, 5) is 24.2. The maximum atomic E-state index is 12.4. The van der Waals surface area contributed by atoms with Gasteiger partial charge in [0, 0.05) is 11.6 Å². The lowest BCUT2D eigenvalue weighted by atomic mass is 10.2. The van der Waals surface area contributed by atoms with Crippen molar-refractivity contribution in [1.82, 2.24) is 14.8 Å². The van der Waals surface area contributed by atoms with Gasteiger partial charge >= 0.3 is 5.97 Å². The van der Waals surface area contributed by atoms with Crippen LogP contribution in [0.5, 0.6) is 5.75 Å². The van der Waals surface area contributed by atoms with Gasteiger partial charge in [-0.1, -0.05) is 23.4 Å². The fourth-order valence-electron chi connectivity index (χ4n) is 2.92. The smallest absolute Gasteiger partial charge is 0.340 e. The number of rotatable bonds is 9. The average molecular weight is 495 g/mol. The van der Waals surface area contributed by atoms with Gasteiger partial charge in [-0.2, -0.15) is 0 Å². The maximum Gasteiger partial charge on any atom is 0.340 e. The molecule has 32 heavy (non-hydrogen) atoms. The predicted molar refractivity (Wildman–Crippen MR) is 126 cm³/mol. The van der Waals surface area contributed by atoms with E-state index in [2.05, 4.69) is 15.5 Å². The molecule has 0 saturated carbocycles. The molecule has 3 rings (SSSR count). The van der Waals surface area contributed by atoms with Crippen molar-refractivity contribution >= 4 is 51.6 Å². The number of carbonyl (C=O) groups is 2. The Morgan fingerprint density at radius 2 is 2.09 bits per heavy atom. The van der Waals surface area contributed by atoms with Gasteiger partial charge in [-0.25, -0.2) is 4.79 Å². The fourth-order valence-corrected chi connectivity index (χ4v) is 4.64. The Balaban J connectivity index is 1.64. The van der Waals surface area contributed by atoms with Crippen LogP contribution in [-0.2, 0) is 16.1 Å². The van der Waals surface area contributed by atoms with Crippen LogP contribution in [0.4, 0.5) is 5.00 Å². The second-order valence-corrected chi connectivity index (χ2v) is 9.01. The number of aromatic nitrogens is 3. The molecule has 0 saturated heterocycles. The van der Waals surface area contributed by atoms with Crippen LogP contribution in [0.3, 0.4) is 0 Å². The van der Waals surface area contributed by atoms with E-state index in [-0.39, 0.29) is 17.8 Å². The number of nitrogens with zero attached hydrogens (tertiary/aromatic N) is 3. The van der Waals surface area contributed by atoms with Crippen LogP contribution < -0.4 is 10.1 Å². The first-order chi connectivity index (χ1) is 15.3. The third-order valence-corrected chi connectivity index (χ3v) is 6.74. The number of aryl methyl sites for hydroxylation is 1. The number of thioether (sulfide) groups is 1. The summed E-state index contributed by atoms with van der Waals surface area (Å²) in [5.74, 6) is 0.720. The van der Waals surface area contributed by atoms with E-state index in [1.165, 1.54) is 30.2 Å². The van der Waals surface area contributed by atoms with Crippen LogP contribution in [-0.4, -0.2) is 39.5 Å². The zero-order chi connectivity index (χ0) is 23.3. The zero-order valence-electron chi connectivity index (χ0n) is 18.0. The Morgan fingerprint density at radius 3 is 2.78 bits per heavy atom. The number of amides is 1. The van der Waals surface area contributed by atoms with Crippen LogP contribution >= 0.6 is 34.7 Å². The first-order valence-corrected chi connectivity index (χ1v) is 12.0. The second-order valence-electron chi connectivity index (χ2n) is 6.75. The first kappa shape index (κ1) is 24.1. The Labute approximate surface area is 199 Å². The normalized spacial score (nSPS) is 11.8. The van der Waals surface area contributed by atoms with Crippen molar-refractivity contribution in [2.75, 3.05) is 18.2 Å². The molecule has 3 aromatic rings. The first-order valence-electron chi connectivity index (χ1n) is 9.78. The number of methoxy groups -OCH3 is 1. The number of nitrogens with one attached hydrogen (secondary N) is 1. The molecular weight excluding hydrogens is 472 g/mol. The molecule has 1 N–H and O–H groups in total. The standard InChI is InChI=1S/C21H23ClN4O4S2/c1-5-26-18(13(3)30-14-6-7-16(22)12(2)10-14)24-25-21(26)32-11-17(27)23-19-15(8-9-31-19)20(28)29-4/h6-10,13H,5,11H2,1-4H3,(H,23,27). The number of thiophene rings is 1. The Kier molecular flexibility index (Phi) is 8.16. The van der Waals surface area contributed by atoms with Crippen molar-refractivity contribution in [3.63, 3.8) is 0 Å². The number of esters is 1. The van der Waals surface area contributed by atoms with Crippen molar-refractivity contribution in [2.24, 2.45) is 0 Å². The molecule has 0 fully saturated rings. The van der Waals surface area contributed by atoms with Gasteiger partial charge in [0.15, 0.2) is 17.1 Å². The summed E-state index contributed by atoms with van der Waals surface area (Å²) >= 11 is 8.61. The highest BCUT2D eigenvalue weighted by atomic mass is 35.5. The molecule has 11 heteroatoms. The average Bonchev–Trinajstić information content (AvgIpc) is 3.40. The summed E-state index contributed by atoms with van der Waals surface area (Å²) in [6, 6.07) is 7.09. The number of carbonyl (C=O) groups excluding carboxylic acids is 2. The van der Waals surface area contributed by atoms with Gasteiger partial charge in [0.1, 0.15) is 10.8 Å². The molecule has 0 radical (unpaired) electrons. The Bertz CT molecular complexity index is 1120. The largest absolute Gasteiger partial charge is 0.483 e. The molecule has 2 heterocycles. The minimum atomic E-state index is -0.491. The lowest BCUT2D eigenvalue weighted by Gasteiger charge is -2.16. The third-order valence-electron chi connectivity index (χ3n) is 4.52. The number of halogens is 1. The van der Waals surface area contributed by atoms with Crippen molar-refractivity contribution < 1.29 is 19.1 Å². The molecule has 0 aliphatic rings. The summed E-state index contributed by atoms with van der Waals surface area (Å²) < 4.78 is 12.7. The second kappa shape index (κ2) is 10.8. The highest BCUT2D eigenvalue weighted by molar-refractivity contribution is 7.99.